The first-order valence-electron chi connectivity index (χ1n) is 9.94. The summed E-state index contributed by atoms with van der Waals surface area (Å²) in [7, 11) is 0. The van der Waals surface area contributed by atoms with Crippen LogP contribution in [0.4, 0.5) is 11.4 Å². The number of anilines is 2. The van der Waals surface area contributed by atoms with Crippen LogP contribution >= 0.6 is 0 Å². The van der Waals surface area contributed by atoms with Gasteiger partial charge in [-0.3, -0.25) is 9.59 Å². The van der Waals surface area contributed by atoms with Crippen molar-refractivity contribution < 1.29 is 14.3 Å². The van der Waals surface area contributed by atoms with Gasteiger partial charge in [-0.05, 0) is 68.3 Å². The lowest BCUT2D eigenvalue weighted by Crippen LogP contribution is -2.18. The van der Waals surface area contributed by atoms with Gasteiger partial charge >= 0.3 is 0 Å². The van der Waals surface area contributed by atoms with Gasteiger partial charge in [0, 0.05) is 16.9 Å². The molecule has 5 nitrogen and oxygen atoms in total. The fourth-order valence-electron chi connectivity index (χ4n) is 3.12. The molecule has 0 aromatic heterocycles. The van der Waals surface area contributed by atoms with Crippen LogP contribution in [0.5, 0.6) is 5.75 Å². The number of rotatable bonds is 7. The fourth-order valence-corrected chi connectivity index (χ4v) is 3.12. The molecule has 30 heavy (non-hydrogen) atoms. The summed E-state index contributed by atoms with van der Waals surface area (Å²) in [4.78, 5) is 25.2. The van der Waals surface area contributed by atoms with E-state index < -0.39 is 0 Å². The maximum atomic E-state index is 12.7. The van der Waals surface area contributed by atoms with E-state index in [2.05, 4.69) is 10.6 Å². The minimum Gasteiger partial charge on any atom is -0.491 e. The second-order valence-electron chi connectivity index (χ2n) is 7.34. The van der Waals surface area contributed by atoms with Crippen molar-refractivity contribution in [3.8, 4) is 5.75 Å². The molecule has 3 aromatic carbocycles. The smallest absolute Gasteiger partial charge is 0.256 e. The van der Waals surface area contributed by atoms with E-state index in [1.54, 1.807) is 18.2 Å². The zero-order valence-corrected chi connectivity index (χ0v) is 17.4. The largest absolute Gasteiger partial charge is 0.491 e. The third-order valence-corrected chi connectivity index (χ3v) is 4.52. The van der Waals surface area contributed by atoms with E-state index in [0.29, 0.717) is 11.3 Å². The van der Waals surface area contributed by atoms with E-state index in [0.717, 1.165) is 22.6 Å². The zero-order valence-electron chi connectivity index (χ0n) is 17.4. The van der Waals surface area contributed by atoms with E-state index >= 15 is 0 Å². The highest BCUT2D eigenvalue weighted by Crippen LogP contribution is 2.21. The molecule has 0 unspecified atom stereocenters. The van der Waals surface area contributed by atoms with Crippen molar-refractivity contribution >= 4 is 23.2 Å². The van der Waals surface area contributed by atoms with Crippen LogP contribution in [0.15, 0.2) is 72.8 Å². The summed E-state index contributed by atoms with van der Waals surface area (Å²) in [5.74, 6) is 0.375. The number of carbonyl (C=O) groups excluding carboxylic acids is 2. The van der Waals surface area contributed by atoms with E-state index in [4.69, 9.17) is 4.74 Å². The highest BCUT2D eigenvalue weighted by Gasteiger charge is 2.14. The van der Waals surface area contributed by atoms with Gasteiger partial charge in [0.1, 0.15) is 5.75 Å². The topological polar surface area (TPSA) is 67.4 Å². The predicted octanol–water partition coefficient (Wildman–Crippen LogP) is 5.22. The average molecular weight is 402 g/mol. The number of para-hydroxylation sites is 1. The average Bonchev–Trinajstić information content (AvgIpc) is 2.70. The molecule has 0 saturated carbocycles. The fraction of sp³-hybridized carbons (Fsp3) is 0.200. The summed E-state index contributed by atoms with van der Waals surface area (Å²) in [6.45, 7) is 5.75. The molecule has 2 N–H and O–H groups in total. The van der Waals surface area contributed by atoms with Crippen molar-refractivity contribution in [2.75, 3.05) is 10.6 Å². The standard InChI is InChI=1S/C25H26N2O3/c1-17(2)30-21-12-7-9-19(15-21)16-24(28)27-23-14-8-13-22(18(23)3)25(29)26-20-10-5-4-6-11-20/h4-15,17H,16H2,1-3H3,(H,26,29)(H,27,28). The number of benzene rings is 3. The van der Waals surface area contributed by atoms with Crippen LogP contribution < -0.4 is 15.4 Å². The molecule has 0 atom stereocenters. The molecular formula is C25H26N2O3. The molecule has 0 radical (unpaired) electrons. The second kappa shape index (κ2) is 9.74. The molecule has 154 valence electrons. The molecule has 5 heteroatoms. The molecule has 0 spiro atoms. The molecule has 0 bridgehead atoms. The Kier molecular flexibility index (Phi) is 6.86. The number of hydrogen-bond acceptors (Lipinski definition) is 3. The highest BCUT2D eigenvalue weighted by atomic mass is 16.5. The van der Waals surface area contributed by atoms with Gasteiger partial charge in [-0.1, -0.05) is 36.4 Å². The van der Waals surface area contributed by atoms with E-state index in [-0.39, 0.29) is 24.3 Å². The van der Waals surface area contributed by atoms with Gasteiger partial charge in [-0.15, -0.1) is 0 Å². The summed E-state index contributed by atoms with van der Waals surface area (Å²) >= 11 is 0. The minimum atomic E-state index is -0.215. The first kappa shape index (κ1) is 21.1. The van der Waals surface area contributed by atoms with Crippen molar-refractivity contribution in [3.63, 3.8) is 0 Å². The first-order valence-corrected chi connectivity index (χ1v) is 9.94. The zero-order chi connectivity index (χ0) is 21.5. The van der Waals surface area contributed by atoms with Crippen LogP contribution in [-0.2, 0) is 11.2 Å². The molecule has 0 aliphatic heterocycles. The monoisotopic (exact) mass is 402 g/mol. The van der Waals surface area contributed by atoms with Gasteiger partial charge in [0.05, 0.1) is 12.5 Å². The van der Waals surface area contributed by atoms with Crippen molar-refractivity contribution in [2.24, 2.45) is 0 Å². The van der Waals surface area contributed by atoms with Crippen molar-refractivity contribution in [3.05, 3.63) is 89.5 Å². The van der Waals surface area contributed by atoms with Gasteiger partial charge < -0.3 is 15.4 Å². The molecule has 0 heterocycles. The molecule has 0 aliphatic carbocycles. The third kappa shape index (κ3) is 5.70. The number of amides is 2. The molecular weight excluding hydrogens is 376 g/mol. The van der Waals surface area contributed by atoms with Crippen LogP contribution in [0, 0.1) is 6.92 Å². The number of carbonyl (C=O) groups is 2. The van der Waals surface area contributed by atoms with Crippen LogP contribution in [0.3, 0.4) is 0 Å². The summed E-state index contributed by atoms with van der Waals surface area (Å²) in [6, 6.07) is 22.1. The van der Waals surface area contributed by atoms with Crippen molar-refractivity contribution in [1.29, 1.82) is 0 Å². The van der Waals surface area contributed by atoms with Gasteiger partial charge in [-0.25, -0.2) is 0 Å². The Balaban J connectivity index is 1.69. The maximum Gasteiger partial charge on any atom is 0.256 e. The van der Waals surface area contributed by atoms with Crippen LogP contribution in [0.1, 0.15) is 35.3 Å². The van der Waals surface area contributed by atoms with Crippen molar-refractivity contribution in [2.45, 2.75) is 33.3 Å². The molecule has 0 aliphatic rings. The first-order chi connectivity index (χ1) is 14.4. The molecule has 3 aromatic rings. The van der Waals surface area contributed by atoms with Crippen LogP contribution in [-0.4, -0.2) is 17.9 Å². The maximum absolute atomic E-state index is 12.7. The quantitative estimate of drug-likeness (QED) is 0.570. The number of ether oxygens (including phenoxy) is 1. The number of nitrogens with one attached hydrogen (secondary N) is 2. The van der Waals surface area contributed by atoms with E-state index in [1.165, 1.54) is 0 Å². The lowest BCUT2D eigenvalue weighted by Gasteiger charge is -2.13. The Morgan fingerprint density at radius 1 is 0.900 bits per heavy atom. The molecule has 0 saturated heterocycles. The van der Waals surface area contributed by atoms with Gasteiger partial charge in [0.25, 0.3) is 5.91 Å². The Labute approximate surface area is 177 Å². The van der Waals surface area contributed by atoms with Crippen molar-refractivity contribution in [1.82, 2.24) is 0 Å². The molecule has 0 fully saturated rings. The molecule has 2 amide bonds. The second-order valence-corrected chi connectivity index (χ2v) is 7.34. The summed E-state index contributed by atoms with van der Waals surface area (Å²) in [6.07, 6.45) is 0.288. The summed E-state index contributed by atoms with van der Waals surface area (Å²) in [5, 5.41) is 5.79. The van der Waals surface area contributed by atoms with Crippen LogP contribution in [0.25, 0.3) is 0 Å². The predicted molar refractivity (Wildman–Crippen MR) is 120 cm³/mol. The van der Waals surface area contributed by atoms with Gasteiger partial charge in [0.2, 0.25) is 5.91 Å². The Bertz CT molecular complexity index is 1030. The summed E-state index contributed by atoms with van der Waals surface area (Å²) in [5.41, 5.74) is 3.44. The lowest BCUT2D eigenvalue weighted by atomic mass is 10.1. The SMILES string of the molecule is Cc1c(NC(=O)Cc2cccc(OC(C)C)c2)cccc1C(=O)Nc1ccccc1. The lowest BCUT2D eigenvalue weighted by molar-refractivity contribution is -0.115. The van der Waals surface area contributed by atoms with E-state index in [9.17, 15) is 9.59 Å². The highest BCUT2D eigenvalue weighted by molar-refractivity contribution is 6.06. The Morgan fingerprint density at radius 3 is 2.37 bits per heavy atom. The van der Waals surface area contributed by atoms with Gasteiger partial charge in [-0.2, -0.15) is 0 Å². The van der Waals surface area contributed by atoms with E-state index in [1.807, 2.05) is 75.4 Å². The third-order valence-electron chi connectivity index (χ3n) is 4.52. The Hall–Kier alpha value is -3.60. The van der Waals surface area contributed by atoms with Crippen LogP contribution in [0.2, 0.25) is 0 Å². The number of hydrogen-bond donors (Lipinski definition) is 2. The Morgan fingerprint density at radius 2 is 1.63 bits per heavy atom. The normalized spacial score (nSPS) is 10.5. The molecule has 3 rings (SSSR count). The summed E-state index contributed by atoms with van der Waals surface area (Å²) < 4.78 is 5.69. The minimum absolute atomic E-state index is 0.0708. The van der Waals surface area contributed by atoms with Gasteiger partial charge in [0.15, 0.2) is 0 Å².